The minimum atomic E-state index is -0.897. The number of nitrogens with zero attached hydrogens (tertiary/aromatic N) is 3. The molecule has 2 N–H and O–H groups in total. The molecule has 21 heavy (non-hydrogen) atoms. The van der Waals surface area contributed by atoms with E-state index in [4.69, 9.17) is 0 Å². The van der Waals surface area contributed by atoms with Crippen LogP contribution in [0.3, 0.4) is 0 Å². The Hall–Kier alpha value is -1.21. The second-order valence-electron chi connectivity index (χ2n) is 7.10. The number of amides is 2. The molecule has 1 aliphatic rings. The number of urea groups is 1. The topological polar surface area (TPSA) is 78.4 Å². The third-order valence-corrected chi connectivity index (χ3v) is 4.87. The summed E-state index contributed by atoms with van der Waals surface area (Å²) in [5.74, 6) is 0. The van der Waals surface area contributed by atoms with Gasteiger partial charge >= 0.3 is 6.03 Å². The van der Waals surface area contributed by atoms with E-state index in [1.807, 2.05) is 0 Å². The van der Waals surface area contributed by atoms with Crippen molar-refractivity contribution in [2.75, 3.05) is 11.9 Å². The lowest BCUT2D eigenvalue weighted by Gasteiger charge is -2.33. The molecule has 1 saturated heterocycles. The van der Waals surface area contributed by atoms with Crippen LogP contribution in [0.1, 0.15) is 52.5 Å². The summed E-state index contributed by atoms with van der Waals surface area (Å²) >= 11 is 1.39. The number of rotatable bonds is 2. The first-order valence-electron chi connectivity index (χ1n) is 7.23. The van der Waals surface area contributed by atoms with Crippen molar-refractivity contribution in [2.24, 2.45) is 0 Å². The van der Waals surface area contributed by atoms with Gasteiger partial charge in [-0.1, -0.05) is 32.1 Å². The summed E-state index contributed by atoms with van der Waals surface area (Å²) < 4.78 is 0. The van der Waals surface area contributed by atoms with Crippen LogP contribution in [0, 0.1) is 0 Å². The van der Waals surface area contributed by atoms with Crippen LogP contribution >= 0.6 is 11.3 Å². The number of aliphatic hydroxyl groups is 1. The molecule has 118 valence electrons. The van der Waals surface area contributed by atoms with Crippen LogP contribution in [0.4, 0.5) is 9.93 Å². The van der Waals surface area contributed by atoms with Crippen LogP contribution < -0.4 is 5.32 Å². The van der Waals surface area contributed by atoms with Gasteiger partial charge in [-0.2, -0.15) is 0 Å². The SMILES string of the molecule is CC(C)(C)c1nnc(NC(=O)N2CCCC2C(C)(C)O)s1. The number of hydrogen-bond donors (Lipinski definition) is 2. The summed E-state index contributed by atoms with van der Waals surface area (Å²) in [5.41, 5.74) is -0.977. The molecule has 1 aromatic heterocycles. The molecule has 1 aliphatic heterocycles. The highest BCUT2D eigenvalue weighted by Gasteiger charge is 2.38. The van der Waals surface area contributed by atoms with Gasteiger partial charge in [0.2, 0.25) is 5.13 Å². The highest BCUT2D eigenvalue weighted by Crippen LogP contribution is 2.30. The van der Waals surface area contributed by atoms with E-state index in [9.17, 15) is 9.90 Å². The number of carbonyl (C=O) groups is 1. The lowest BCUT2D eigenvalue weighted by atomic mass is 9.97. The summed E-state index contributed by atoms with van der Waals surface area (Å²) in [6.45, 7) is 10.3. The first-order valence-corrected chi connectivity index (χ1v) is 8.04. The molecule has 0 aromatic carbocycles. The molecule has 0 saturated carbocycles. The number of carbonyl (C=O) groups excluding carboxylic acids is 1. The van der Waals surface area contributed by atoms with E-state index in [1.165, 1.54) is 11.3 Å². The second-order valence-corrected chi connectivity index (χ2v) is 8.08. The lowest BCUT2D eigenvalue weighted by molar-refractivity contribution is 0.0117. The van der Waals surface area contributed by atoms with E-state index in [0.29, 0.717) is 11.7 Å². The van der Waals surface area contributed by atoms with Crippen LogP contribution in [0.5, 0.6) is 0 Å². The Morgan fingerprint density at radius 2 is 2.00 bits per heavy atom. The maximum Gasteiger partial charge on any atom is 0.324 e. The van der Waals surface area contributed by atoms with Gasteiger partial charge in [0.15, 0.2) is 0 Å². The smallest absolute Gasteiger partial charge is 0.324 e. The van der Waals surface area contributed by atoms with E-state index in [2.05, 4.69) is 36.3 Å². The van der Waals surface area contributed by atoms with Crippen LogP contribution in [-0.4, -0.2) is 44.4 Å². The average Bonchev–Trinajstić information content (AvgIpc) is 2.94. The zero-order valence-corrected chi connectivity index (χ0v) is 14.1. The maximum absolute atomic E-state index is 12.4. The van der Waals surface area contributed by atoms with Crippen LogP contribution in [-0.2, 0) is 5.41 Å². The second kappa shape index (κ2) is 5.53. The van der Waals surface area contributed by atoms with Gasteiger partial charge in [-0.15, -0.1) is 10.2 Å². The van der Waals surface area contributed by atoms with E-state index in [1.54, 1.807) is 18.7 Å². The molecule has 1 fully saturated rings. The number of anilines is 1. The van der Waals surface area contributed by atoms with Crippen molar-refractivity contribution in [3.05, 3.63) is 5.01 Å². The predicted octanol–water partition coefficient (Wildman–Crippen LogP) is 2.60. The third kappa shape index (κ3) is 3.71. The molecular weight excluding hydrogens is 288 g/mol. The van der Waals surface area contributed by atoms with Gasteiger partial charge in [-0.3, -0.25) is 5.32 Å². The van der Waals surface area contributed by atoms with Gasteiger partial charge in [0, 0.05) is 12.0 Å². The molecule has 0 bridgehead atoms. The van der Waals surface area contributed by atoms with Crippen molar-refractivity contribution in [3.8, 4) is 0 Å². The van der Waals surface area contributed by atoms with Crippen LogP contribution in [0.2, 0.25) is 0 Å². The number of likely N-dealkylation sites (tertiary alicyclic amines) is 1. The fraction of sp³-hybridized carbons (Fsp3) is 0.786. The summed E-state index contributed by atoms with van der Waals surface area (Å²) in [5, 5.41) is 22.5. The largest absolute Gasteiger partial charge is 0.388 e. The van der Waals surface area contributed by atoms with Gasteiger partial charge < -0.3 is 10.0 Å². The summed E-state index contributed by atoms with van der Waals surface area (Å²) in [6.07, 6.45) is 1.73. The zero-order valence-electron chi connectivity index (χ0n) is 13.3. The molecule has 0 radical (unpaired) electrons. The van der Waals surface area contributed by atoms with Crippen molar-refractivity contribution in [1.29, 1.82) is 0 Å². The Morgan fingerprint density at radius 3 is 2.52 bits per heavy atom. The third-order valence-electron chi connectivity index (χ3n) is 3.61. The fourth-order valence-electron chi connectivity index (χ4n) is 2.48. The van der Waals surface area contributed by atoms with Gasteiger partial charge in [-0.05, 0) is 26.7 Å². The minimum absolute atomic E-state index is 0.0795. The van der Waals surface area contributed by atoms with Crippen molar-refractivity contribution >= 4 is 22.5 Å². The number of nitrogens with one attached hydrogen (secondary N) is 1. The highest BCUT2D eigenvalue weighted by atomic mass is 32.1. The number of aromatic nitrogens is 2. The molecule has 7 heteroatoms. The summed E-state index contributed by atoms with van der Waals surface area (Å²) in [7, 11) is 0. The molecule has 1 atom stereocenters. The Kier molecular flexibility index (Phi) is 4.26. The Labute approximate surface area is 129 Å². The van der Waals surface area contributed by atoms with Crippen molar-refractivity contribution in [3.63, 3.8) is 0 Å². The minimum Gasteiger partial charge on any atom is -0.388 e. The molecule has 1 unspecified atom stereocenters. The molecule has 0 aliphatic carbocycles. The molecule has 6 nitrogen and oxygen atoms in total. The molecule has 2 rings (SSSR count). The van der Waals surface area contributed by atoms with E-state index in [-0.39, 0.29) is 17.5 Å². The van der Waals surface area contributed by atoms with Gasteiger partial charge in [0.05, 0.1) is 11.6 Å². The molecule has 2 amide bonds. The van der Waals surface area contributed by atoms with Crippen molar-refractivity contribution < 1.29 is 9.90 Å². The van der Waals surface area contributed by atoms with E-state index in [0.717, 1.165) is 17.8 Å². The molecule has 0 spiro atoms. The Balaban J connectivity index is 2.06. The summed E-state index contributed by atoms with van der Waals surface area (Å²) in [4.78, 5) is 14.1. The number of hydrogen-bond acceptors (Lipinski definition) is 5. The van der Waals surface area contributed by atoms with Crippen molar-refractivity contribution in [1.82, 2.24) is 15.1 Å². The lowest BCUT2D eigenvalue weighted by Crippen LogP contribution is -2.49. The fourth-order valence-corrected chi connectivity index (χ4v) is 3.28. The van der Waals surface area contributed by atoms with Gasteiger partial charge in [0.1, 0.15) is 5.01 Å². The quantitative estimate of drug-likeness (QED) is 0.880. The first-order chi connectivity index (χ1) is 9.59. The monoisotopic (exact) mass is 312 g/mol. The maximum atomic E-state index is 12.4. The van der Waals surface area contributed by atoms with Gasteiger partial charge in [-0.25, -0.2) is 4.79 Å². The van der Waals surface area contributed by atoms with Gasteiger partial charge in [0.25, 0.3) is 0 Å². The summed E-state index contributed by atoms with van der Waals surface area (Å²) in [6, 6.07) is -0.372. The highest BCUT2D eigenvalue weighted by molar-refractivity contribution is 7.15. The molecular formula is C14H24N4O2S. The Bertz CT molecular complexity index is 516. The first kappa shape index (κ1) is 16.2. The van der Waals surface area contributed by atoms with E-state index >= 15 is 0 Å². The standard InChI is InChI=1S/C14H24N4O2S/c1-13(2,3)10-16-17-11(21-10)15-12(19)18-8-6-7-9(18)14(4,5)20/h9,20H,6-8H2,1-5H3,(H,15,17,19). The van der Waals surface area contributed by atoms with E-state index < -0.39 is 5.60 Å². The average molecular weight is 312 g/mol. The van der Waals surface area contributed by atoms with Crippen molar-refractivity contribution in [2.45, 2.75) is 64.5 Å². The predicted molar refractivity (Wildman–Crippen MR) is 83.7 cm³/mol. The zero-order chi connectivity index (χ0) is 15.8. The molecule has 1 aromatic rings. The van der Waals surface area contributed by atoms with Crippen LogP contribution in [0.25, 0.3) is 0 Å². The normalized spacial score (nSPS) is 19.9. The Morgan fingerprint density at radius 1 is 1.33 bits per heavy atom. The molecule has 2 heterocycles. The van der Waals surface area contributed by atoms with Crippen LogP contribution in [0.15, 0.2) is 0 Å².